The van der Waals surface area contributed by atoms with Gasteiger partial charge in [0.1, 0.15) is 5.69 Å². The number of aliphatic carboxylic acids is 1. The summed E-state index contributed by atoms with van der Waals surface area (Å²) in [5, 5.41) is 21.8. The van der Waals surface area contributed by atoms with Gasteiger partial charge in [0.15, 0.2) is 12.1 Å². The number of carbonyl (C=O) groups excluding carboxylic acids is 1. The molecule has 54 heavy (non-hydrogen) atoms. The number of nitrogens with zero attached hydrogens (tertiary/aromatic N) is 1. The predicted octanol–water partition coefficient (Wildman–Crippen LogP) is 8.99. The normalized spacial score (nSPS) is 16.9. The second-order valence-corrected chi connectivity index (χ2v) is 14.0. The van der Waals surface area contributed by atoms with Gasteiger partial charge < -0.3 is 29.4 Å². The maximum absolute atomic E-state index is 12.0. The van der Waals surface area contributed by atoms with Gasteiger partial charge in [-0.2, -0.15) is 0 Å². The van der Waals surface area contributed by atoms with E-state index in [0.29, 0.717) is 23.9 Å². The van der Waals surface area contributed by atoms with E-state index in [4.69, 9.17) is 24.0 Å². The molecule has 6 aromatic rings. The fraction of sp³-hybridized carbons (Fsp3) is 0.205. The third kappa shape index (κ3) is 9.34. The van der Waals surface area contributed by atoms with Crippen LogP contribution in [-0.4, -0.2) is 38.9 Å². The zero-order valence-corrected chi connectivity index (χ0v) is 30.3. The number of ether oxygens (including phenoxy) is 2. The lowest BCUT2D eigenvalue weighted by Gasteiger charge is -2.36. The Bertz CT molecular complexity index is 2100. The Morgan fingerprint density at radius 3 is 2.11 bits per heavy atom. The second-order valence-electron chi connectivity index (χ2n) is 13.0. The largest absolute Gasteiger partial charge is 0.481 e. The Hall–Kier alpha value is -5.52. The van der Waals surface area contributed by atoms with Gasteiger partial charge >= 0.3 is 5.97 Å². The van der Waals surface area contributed by atoms with Crippen molar-refractivity contribution in [2.75, 3.05) is 5.75 Å². The van der Waals surface area contributed by atoms with Crippen molar-refractivity contribution in [3.8, 4) is 33.7 Å². The summed E-state index contributed by atoms with van der Waals surface area (Å²) in [6, 6.07) is 43.8. The first kappa shape index (κ1) is 36.8. The Balaban J connectivity index is 1.08. The van der Waals surface area contributed by atoms with E-state index in [1.54, 1.807) is 0 Å². The van der Waals surface area contributed by atoms with Gasteiger partial charge in [-0.25, -0.2) is 4.98 Å². The van der Waals surface area contributed by atoms with Crippen molar-refractivity contribution in [3.63, 3.8) is 0 Å². The summed E-state index contributed by atoms with van der Waals surface area (Å²) in [7, 11) is 0. The number of amides is 1. The summed E-state index contributed by atoms with van der Waals surface area (Å²) >= 11 is 1.52. The van der Waals surface area contributed by atoms with Crippen LogP contribution in [-0.2, 0) is 32.2 Å². The monoisotopic (exact) mass is 740 g/mol. The number of aliphatic hydroxyl groups excluding tert-OH is 1. The quantitative estimate of drug-likeness (QED) is 0.0937. The summed E-state index contributed by atoms with van der Waals surface area (Å²) in [6.45, 7) is 0.280. The maximum atomic E-state index is 12.0. The van der Waals surface area contributed by atoms with Gasteiger partial charge in [-0.05, 0) is 33.9 Å². The third-order valence-corrected chi connectivity index (χ3v) is 10.2. The maximum Gasteiger partial charge on any atom is 0.303 e. The van der Waals surface area contributed by atoms with Gasteiger partial charge in [0.05, 0.1) is 25.2 Å². The topological polar surface area (TPSA) is 131 Å². The average Bonchev–Trinajstić information content (AvgIpc) is 3.66. The molecular weight excluding hydrogens is 701 g/mol. The van der Waals surface area contributed by atoms with Crippen molar-refractivity contribution in [1.82, 2.24) is 10.3 Å². The molecule has 0 spiro atoms. The highest BCUT2D eigenvalue weighted by Gasteiger charge is 2.33. The highest BCUT2D eigenvalue weighted by atomic mass is 32.2. The lowest BCUT2D eigenvalue weighted by molar-refractivity contribution is -0.245. The first-order chi connectivity index (χ1) is 26.4. The summed E-state index contributed by atoms with van der Waals surface area (Å²) in [5.74, 6) is 0.0187. The summed E-state index contributed by atoms with van der Waals surface area (Å²) < 4.78 is 19.6. The third-order valence-electron chi connectivity index (χ3n) is 9.20. The van der Waals surface area contributed by atoms with Gasteiger partial charge in [-0.1, -0.05) is 139 Å². The molecule has 1 fully saturated rings. The fourth-order valence-electron chi connectivity index (χ4n) is 6.33. The highest BCUT2D eigenvalue weighted by molar-refractivity contribution is 7.99. The lowest BCUT2D eigenvalue weighted by atomic mass is 9.99. The number of hydrogen-bond acceptors (Lipinski definition) is 8. The molecule has 3 N–H and O–H groups in total. The average molecular weight is 741 g/mol. The predicted molar refractivity (Wildman–Crippen MR) is 207 cm³/mol. The number of rotatable bonds is 14. The van der Waals surface area contributed by atoms with E-state index in [9.17, 15) is 14.7 Å². The van der Waals surface area contributed by atoms with E-state index >= 15 is 0 Å². The molecule has 2 heterocycles. The van der Waals surface area contributed by atoms with Crippen molar-refractivity contribution in [2.24, 2.45) is 0 Å². The number of carbonyl (C=O) groups is 2. The second kappa shape index (κ2) is 17.5. The number of nitrogens with one attached hydrogen (secondary N) is 1. The molecule has 9 nitrogen and oxygen atoms in total. The van der Waals surface area contributed by atoms with Crippen LogP contribution in [0.15, 0.2) is 143 Å². The molecule has 1 aromatic heterocycles. The molecule has 3 atom stereocenters. The molecule has 1 aliphatic heterocycles. The van der Waals surface area contributed by atoms with Crippen molar-refractivity contribution >= 4 is 23.6 Å². The van der Waals surface area contributed by atoms with E-state index in [2.05, 4.69) is 5.32 Å². The van der Waals surface area contributed by atoms with Crippen LogP contribution in [0.5, 0.6) is 0 Å². The molecule has 0 unspecified atom stereocenters. The number of thioether (sulfide) groups is 1. The van der Waals surface area contributed by atoms with Gasteiger partial charge in [-0.3, -0.25) is 9.59 Å². The first-order valence-electron chi connectivity index (χ1n) is 17.8. The Kier molecular flexibility index (Phi) is 12.0. The number of hydrogen-bond donors (Lipinski definition) is 3. The Morgan fingerprint density at radius 2 is 1.41 bits per heavy atom. The zero-order valence-electron chi connectivity index (χ0n) is 29.5. The van der Waals surface area contributed by atoms with E-state index in [0.717, 1.165) is 56.0 Å². The molecule has 1 aliphatic rings. The van der Waals surface area contributed by atoms with Gasteiger partial charge in [0.2, 0.25) is 5.91 Å². The number of oxazole rings is 1. The molecule has 274 valence electrons. The standard InChI is InChI=1S/C44H40N2O7S/c47-27-29-14-16-32(17-15-29)38-25-37(28-54-44-46-41(33-9-3-1-4-10-33)42(53-44)34-11-5-2-6-12-34)51-43(52-38)35-20-18-31(19-21-35)36-13-7-8-30(24-36)26-45-39(48)22-23-40(49)50/h1-21,24,37-38,43,47H,22-23,25-28H2,(H,45,48)(H,49,50)/t37-,38+,43+/m0/s1. The molecule has 5 aromatic carbocycles. The minimum Gasteiger partial charge on any atom is -0.481 e. The van der Waals surface area contributed by atoms with E-state index in [1.165, 1.54) is 11.8 Å². The van der Waals surface area contributed by atoms with Crippen LogP contribution in [0, 0.1) is 0 Å². The summed E-state index contributed by atoms with van der Waals surface area (Å²) in [5.41, 5.74) is 8.34. The number of aromatic nitrogens is 1. The Morgan fingerprint density at radius 1 is 0.722 bits per heavy atom. The van der Waals surface area contributed by atoms with Crippen molar-refractivity contribution in [2.45, 2.75) is 56.1 Å². The molecule has 0 bridgehead atoms. The van der Waals surface area contributed by atoms with E-state index in [-0.39, 0.29) is 37.6 Å². The molecule has 10 heteroatoms. The molecule has 0 radical (unpaired) electrons. The molecule has 0 saturated carbocycles. The molecule has 1 amide bonds. The van der Waals surface area contributed by atoms with Crippen molar-refractivity contribution in [3.05, 3.63) is 156 Å². The van der Waals surface area contributed by atoms with Crippen LogP contribution in [0.2, 0.25) is 0 Å². The number of aliphatic hydroxyl groups is 1. The van der Waals surface area contributed by atoms with Crippen LogP contribution >= 0.6 is 11.8 Å². The first-order valence-corrected chi connectivity index (χ1v) is 18.8. The summed E-state index contributed by atoms with van der Waals surface area (Å²) in [6.07, 6.45) is -0.690. The minimum atomic E-state index is -0.998. The van der Waals surface area contributed by atoms with Gasteiger partial charge in [0.25, 0.3) is 5.22 Å². The molecule has 7 rings (SSSR count). The molecule has 1 saturated heterocycles. The van der Waals surface area contributed by atoms with E-state index < -0.39 is 12.3 Å². The lowest BCUT2D eigenvalue weighted by Crippen LogP contribution is -2.31. The zero-order chi connectivity index (χ0) is 37.3. The van der Waals surface area contributed by atoms with Crippen molar-refractivity contribution < 1.29 is 33.7 Å². The van der Waals surface area contributed by atoms with Crippen LogP contribution in [0.4, 0.5) is 0 Å². The number of carboxylic acids is 1. The molecular formula is C44H40N2O7S. The van der Waals surface area contributed by atoms with Crippen LogP contribution in [0.1, 0.15) is 53.9 Å². The van der Waals surface area contributed by atoms with Crippen LogP contribution in [0.25, 0.3) is 33.7 Å². The van der Waals surface area contributed by atoms with E-state index in [1.807, 2.05) is 133 Å². The minimum absolute atomic E-state index is 0.0282. The summed E-state index contributed by atoms with van der Waals surface area (Å²) in [4.78, 5) is 27.8. The van der Waals surface area contributed by atoms with Crippen molar-refractivity contribution in [1.29, 1.82) is 0 Å². The molecule has 0 aliphatic carbocycles. The van der Waals surface area contributed by atoms with Crippen LogP contribution in [0.3, 0.4) is 0 Å². The Labute approximate surface area is 318 Å². The van der Waals surface area contributed by atoms with Crippen LogP contribution < -0.4 is 5.32 Å². The number of carboxylic acid groups (broad SMARTS) is 1. The van der Waals surface area contributed by atoms with Gasteiger partial charge in [0, 0.05) is 41.8 Å². The smallest absolute Gasteiger partial charge is 0.303 e. The number of benzene rings is 5. The highest BCUT2D eigenvalue weighted by Crippen LogP contribution is 2.41. The SMILES string of the molecule is O=C(O)CCC(=O)NCc1cccc(-c2ccc([C@@H]3O[C@H](CSc4nc(-c5ccccc5)c(-c5ccccc5)o4)C[C@H](c4ccc(CO)cc4)O3)cc2)c1. The van der Waals surface area contributed by atoms with Gasteiger partial charge in [-0.15, -0.1) is 0 Å². The fourth-order valence-corrected chi connectivity index (χ4v) is 7.17.